The first-order chi connectivity index (χ1) is 12.7. The number of hydrazone groups is 1. The summed E-state index contributed by atoms with van der Waals surface area (Å²) in [7, 11) is 0. The van der Waals surface area contributed by atoms with Gasteiger partial charge in [0.05, 0.1) is 29.4 Å². The van der Waals surface area contributed by atoms with Crippen molar-refractivity contribution in [2.24, 2.45) is 5.10 Å². The maximum Gasteiger partial charge on any atom is 0.147 e. The fourth-order valence-electron chi connectivity index (χ4n) is 2.61. The highest BCUT2D eigenvalue weighted by atomic mass is 35.5. The van der Waals surface area contributed by atoms with Crippen LogP contribution in [-0.4, -0.2) is 20.7 Å². The third kappa shape index (κ3) is 4.07. The van der Waals surface area contributed by atoms with Gasteiger partial charge in [-0.15, -0.1) is 12.4 Å². The van der Waals surface area contributed by atoms with E-state index in [2.05, 4.69) is 20.5 Å². The Bertz CT molecular complexity index is 1100. The van der Waals surface area contributed by atoms with Crippen molar-refractivity contribution in [1.29, 1.82) is 0 Å². The molecule has 4 aromatic rings. The number of hydrogen-bond acceptors (Lipinski definition) is 4. The molecule has 0 unspecified atom stereocenters. The van der Waals surface area contributed by atoms with Gasteiger partial charge in [0.15, 0.2) is 0 Å². The third-order valence-corrected chi connectivity index (χ3v) is 4.09. The molecule has 27 heavy (non-hydrogen) atoms. The van der Waals surface area contributed by atoms with Crippen molar-refractivity contribution in [2.45, 2.75) is 0 Å². The number of benzene rings is 2. The normalized spacial score (nSPS) is 10.9. The average Bonchev–Trinajstić information content (AvgIpc) is 3.16. The van der Waals surface area contributed by atoms with Gasteiger partial charge in [-0.1, -0.05) is 17.7 Å². The second-order valence-electron chi connectivity index (χ2n) is 5.57. The van der Waals surface area contributed by atoms with E-state index >= 15 is 0 Å². The van der Waals surface area contributed by atoms with Crippen LogP contribution in [0.1, 0.15) is 5.56 Å². The van der Waals surface area contributed by atoms with Crippen LogP contribution < -0.4 is 5.43 Å². The Labute approximate surface area is 165 Å². The summed E-state index contributed by atoms with van der Waals surface area (Å²) in [6.07, 6.45) is 8.08. The summed E-state index contributed by atoms with van der Waals surface area (Å²) < 4.78 is 15.9. The Morgan fingerprint density at radius 3 is 2.78 bits per heavy atom. The van der Waals surface area contributed by atoms with Crippen molar-refractivity contribution < 1.29 is 4.39 Å². The number of aromatic nitrogens is 3. The van der Waals surface area contributed by atoms with Crippen molar-refractivity contribution in [3.63, 3.8) is 0 Å². The van der Waals surface area contributed by atoms with Crippen molar-refractivity contribution >= 4 is 46.8 Å². The SMILES string of the molecule is Cl.Fc1cc(C=NNc2ccnc3cc(Cl)ccc23)ccc1-n1ccnc1. The van der Waals surface area contributed by atoms with Crippen LogP contribution in [0.25, 0.3) is 16.6 Å². The second kappa shape index (κ2) is 8.16. The highest BCUT2D eigenvalue weighted by Crippen LogP contribution is 2.24. The van der Waals surface area contributed by atoms with Gasteiger partial charge in [-0.25, -0.2) is 9.37 Å². The number of nitrogens with one attached hydrogen (secondary N) is 1. The first-order valence-corrected chi connectivity index (χ1v) is 8.20. The summed E-state index contributed by atoms with van der Waals surface area (Å²) in [5.41, 5.74) is 5.60. The first-order valence-electron chi connectivity index (χ1n) is 7.82. The summed E-state index contributed by atoms with van der Waals surface area (Å²) in [6, 6.07) is 12.2. The lowest BCUT2D eigenvalue weighted by atomic mass is 10.2. The Balaban J connectivity index is 0.00000210. The molecule has 2 heterocycles. The van der Waals surface area contributed by atoms with Crippen LogP contribution >= 0.6 is 24.0 Å². The highest BCUT2D eigenvalue weighted by molar-refractivity contribution is 6.31. The van der Waals surface area contributed by atoms with Crippen molar-refractivity contribution in [3.8, 4) is 5.69 Å². The molecule has 0 saturated carbocycles. The Morgan fingerprint density at radius 1 is 1.11 bits per heavy atom. The van der Waals surface area contributed by atoms with E-state index in [0.29, 0.717) is 16.3 Å². The van der Waals surface area contributed by atoms with Gasteiger partial charge in [-0.3, -0.25) is 10.4 Å². The number of anilines is 1. The molecule has 0 amide bonds. The largest absolute Gasteiger partial charge is 0.303 e. The molecule has 0 radical (unpaired) electrons. The monoisotopic (exact) mass is 401 g/mol. The number of fused-ring (bicyclic) bond motifs is 1. The zero-order valence-corrected chi connectivity index (χ0v) is 15.5. The van der Waals surface area contributed by atoms with Crippen LogP contribution in [0.4, 0.5) is 10.1 Å². The van der Waals surface area contributed by atoms with Gasteiger partial charge in [0.2, 0.25) is 0 Å². The van der Waals surface area contributed by atoms with Crippen LogP contribution in [0.15, 0.2) is 72.5 Å². The first kappa shape index (κ1) is 18.8. The summed E-state index contributed by atoms with van der Waals surface area (Å²) in [5, 5.41) is 5.72. The summed E-state index contributed by atoms with van der Waals surface area (Å²) in [6.45, 7) is 0. The highest BCUT2D eigenvalue weighted by Gasteiger charge is 2.05. The lowest BCUT2D eigenvalue weighted by Gasteiger charge is -2.06. The molecule has 1 N–H and O–H groups in total. The standard InChI is InChI=1S/C19H13ClFN5.ClH/c20-14-2-3-15-17(5-6-23-18(15)10-14)25-24-11-13-1-4-19(16(21)9-13)26-8-7-22-12-26;/h1-12H,(H,23,25);1H. The molecule has 0 atom stereocenters. The Kier molecular flexibility index (Phi) is 5.69. The smallest absolute Gasteiger partial charge is 0.147 e. The third-order valence-electron chi connectivity index (χ3n) is 3.86. The predicted molar refractivity (Wildman–Crippen MR) is 109 cm³/mol. The predicted octanol–water partition coefficient (Wildman–Crippen LogP) is 5.08. The zero-order valence-electron chi connectivity index (χ0n) is 13.9. The van der Waals surface area contributed by atoms with E-state index in [-0.39, 0.29) is 18.2 Å². The number of imidazole rings is 1. The minimum Gasteiger partial charge on any atom is -0.303 e. The Morgan fingerprint density at radius 2 is 2.00 bits per heavy atom. The van der Waals surface area contributed by atoms with Crippen molar-refractivity contribution in [2.75, 3.05) is 5.43 Å². The molecular weight excluding hydrogens is 388 g/mol. The van der Waals surface area contributed by atoms with Gasteiger partial charge in [0.25, 0.3) is 0 Å². The molecule has 0 saturated heterocycles. The molecule has 2 aromatic carbocycles. The number of nitrogens with zero attached hydrogens (tertiary/aromatic N) is 4. The topological polar surface area (TPSA) is 55.1 Å². The number of rotatable bonds is 4. The van der Waals surface area contributed by atoms with Crippen LogP contribution in [0.2, 0.25) is 5.02 Å². The zero-order chi connectivity index (χ0) is 17.9. The molecule has 8 heteroatoms. The van der Waals surface area contributed by atoms with E-state index in [4.69, 9.17) is 11.6 Å². The molecule has 0 spiro atoms. The van der Waals surface area contributed by atoms with Crippen LogP contribution in [0.3, 0.4) is 0 Å². The quantitative estimate of drug-likeness (QED) is 0.383. The van der Waals surface area contributed by atoms with Gasteiger partial charge in [0, 0.05) is 29.0 Å². The van der Waals surface area contributed by atoms with E-state index in [1.807, 2.05) is 12.1 Å². The van der Waals surface area contributed by atoms with Gasteiger partial charge in [0.1, 0.15) is 5.82 Å². The molecule has 0 aliphatic heterocycles. The van der Waals surface area contributed by atoms with Crippen LogP contribution in [0.5, 0.6) is 0 Å². The molecular formula is C19H14Cl2FN5. The van der Waals surface area contributed by atoms with E-state index in [9.17, 15) is 4.39 Å². The fourth-order valence-corrected chi connectivity index (χ4v) is 2.78. The van der Waals surface area contributed by atoms with Gasteiger partial charge in [-0.05, 0) is 42.0 Å². The van der Waals surface area contributed by atoms with Gasteiger partial charge < -0.3 is 4.57 Å². The lowest BCUT2D eigenvalue weighted by molar-refractivity contribution is 0.618. The molecule has 4 rings (SSSR count). The van der Waals surface area contributed by atoms with Crippen molar-refractivity contribution in [1.82, 2.24) is 14.5 Å². The molecule has 0 fully saturated rings. The minimum atomic E-state index is -0.351. The maximum absolute atomic E-state index is 14.3. The molecule has 0 aliphatic rings. The summed E-state index contributed by atoms with van der Waals surface area (Å²) >= 11 is 5.99. The lowest BCUT2D eigenvalue weighted by Crippen LogP contribution is -1.97. The number of hydrogen-bond donors (Lipinski definition) is 1. The minimum absolute atomic E-state index is 0. The van der Waals surface area contributed by atoms with Gasteiger partial charge in [-0.2, -0.15) is 5.10 Å². The summed E-state index contributed by atoms with van der Waals surface area (Å²) in [5.74, 6) is -0.351. The van der Waals surface area contributed by atoms with E-state index < -0.39 is 0 Å². The van der Waals surface area contributed by atoms with Crippen LogP contribution in [0, 0.1) is 5.82 Å². The Hall–Kier alpha value is -2.96. The van der Waals surface area contributed by atoms with E-state index in [1.54, 1.807) is 60.0 Å². The second-order valence-corrected chi connectivity index (χ2v) is 6.01. The van der Waals surface area contributed by atoms with Gasteiger partial charge >= 0.3 is 0 Å². The molecule has 0 aliphatic carbocycles. The maximum atomic E-state index is 14.3. The van der Waals surface area contributed by atoms with E-state index in [0.717, 1.165) is 16.6 Å². The molecule has 136 valence electrons. The molecule has 2 aromatic heterocycles. The van der Waals surface area contributed by atoms with Crippen molar-refractivity contribution in [3.05, 3.63) is 83.8 Å². The fraction of sp³-hybridized carbons (Fsp3) is 0. The molecule has 0 bridgehead atoms. The summed E-state index contributed by atoms with van der Waals surface area (Å²) in [4.78, 5) is 8.20. The number of pyridine rings is 1. The van der Waals surface area contributed by atoms with E-state index in [1.165, 1.54) is 6.07 Å². The number of halogens is 3. The average molecular weight is 402 g/mol. The van der Waals surface area contributed by atoms with Crippen LogP contribution in [-0.2, 0) is 0 Å². The molecule has 5 nitrogen and oxygen atoms in total.